The topological polar surface area (TPSA) is 86.8 Å². The van der Waals surface area contributed by atoms with Gasteiger partial charge >= 0.3 is 0 Å². The fourth-order valence-electron chi connectivity index (χ4n) is 3.63. The van der Waals surface area contributed by atoms with Crippen molar-refractivity contribution < 1.29 is 19.2 Å². The van der Waals surface area contributed by atoms with E-state index in [-0.39, 0.29) is 48.3 Å². The van der Waals surface area contributed by atoms with Crippen molar-refractivity contribution in [3.63, 3.8) is 0 Å². The molecule has 2 rings (SSSR count). The number of nitrogens with one attached hydrogen (secondary N) is 1. The third-order valence-corrected chi connectivity index (χ3v) is 5.25. The number of Topliss-reactive ketones (excluding diaryl/α,β-unsaturated/α-hetero) is 1. The van der Waals surface area contributed by atoms with Gasteiger partial charge in [-0.1, -0.05) is 18.2 Å². The van der Waals surface area contributed by atoms with Crippen LogP contribution in [0.4, 0.5) is 5.69 Å². The van der Waals surface area contributed by atoms with E-state index >= 15 is 0 Å². The van der Waals surface area contributed by atoms with Crippen molar-refractivity contribution in [2.45, 2.75) is 51.6 Å². The van der Waals surface area contributed by atoms with Gasteiger partial charge in [0.05, 0.1) is 0 Å². The molecule has 1 aliphatic heterocycles. The molecule has 0 aliphatic carbocycles. The molecule has 1 heterocycles. The summed E-state index contributed by atoms with van der Waals surface area (Å²) in [5.41, 5.74) is 0.792. The zero-order valence-electron chi connectivity index (χ0n) is 16.9. The molecule has 1 saturated heterocycles. The number of ketones is 1. The van der Waals surface area contributed by atoms with E-state index in [0.29, 0.717) is 25.9 Å². The standard InChI is InChI=1S/C21H28ClN3O4/c1-15(26)8-9-19(23-16(2)27)21(29)24-12-10-18(11-13-24)25(20(28)14-22)17-6-4-3-5-7-17/h3-7,18-19H,8-14H2,1-2H3,(H,23,27). The van der Waals surface area contributed by atoms with Gasteiger partial charge in [0.1, 0.15) is 17.7 Å². The number of halogens is 1. The van der Waals surface area contributed by atoms with Crippen molar-refractivity contribution in [1.29, 1.82) is 0 Å². The zero-order chi connectivity index (χ0) is 21.4. The van der Waals surface area contributed by atoms with Crippen LogP contribution in [0, 0.1) is 0 Å². The van der Waals surface area contributed by atoms with Gasteiger partial charge in [-0.05, 0) is 38.3 Å². The highest BCUT2D eigenvalue weighted by Gasteiger charge is 2.32. The molecule has 8 heteroatoms. The predicted octanol–water partition coefficient (Wildman–Crippen LogP) is 2.12. The second kappa shape index (κ2) is 11.0. The van der Waals surface area contributed by atoms with Gasteiger partial charge < -0.3 is 19.9 Å². The van der Waals surface area contributed by atoms with E-state index in [0.717, 1.165) is 5.69 Å². The fraction of sp³-hybridized carbons (Fsp3) is 0.524. The third kappa shape index (κ3) is 6.56. The van der Waals surface area contributed by atoms with Gasteiger partial charge in [0.25, 0.3) is 0 Å². The Kier molecular flexibility index (Phi) is 8.64. The van der Waals surface area contributed by atoms with Crippen LogP contribution in [0.15, 0.2) is 30.3 Å². The van der Waals surface area contributed by atoms with E-state index < -0.39 is 6.04 Å². The first-order chi connectivity index (χ1) is 13.8. The summed E-state index contributed by atoms with van der Waals surface area (Å²) in [6.45, 7) is 3.76. The quantitative estimate of drug-likeness (QED) is 0.651. The number of anilines is 1. The Morgan fingerprint density at radius 1 is 1.14 bits per heavy atom. The molecule has 158 valence electrons. The molecule has 1 fully saturated rings. The van der Waals surface area contributed by atoms with Crippen molar-refractivity contribution in [3.05, 3.63) is 30.3 Å². The average molecular weight is 422 g/mol. The summed E-state index contributed by atoms with van der Waals surface area (Å²) in [6.07, 6.45) is 1.75. The van der Waals surface area contributed by atoms with Crippen LogP contribution in [0.3, 0.4) is 0 Å². The Balaban J connectivity index is 2.04. The molecule has 0 saturated carbocycles. The lowest BCUT2D eigenvalue weighted by Crippen LogP contribution is -2.54. The lowest BCUT2D eigenvalue weighted by Gasteiger charge is -2.39. The molecule has 0 spiro atoms. The molecule has 0 aromatic heterocycles. The lowest BCUT2D eigenvalue weighted by molar-refractivity contribution is -0.137. The number of likely N-dealkylation sites (tertiary alicyclic amines) is 1. The van der Waals surface area contributed by atoms with Crippen LogP contribution in [0.1, 0.15) is 39.5 Å². The van der Waals surface area contributed by atoms with Crippen molar-refractivity contribution in [2.24, 2.45) is 0 Å². The lowest BCUT2D eigenvalue weighted by atomic mass is 10.00. The third-order valence-electron chi connectivity index (χ3n) is 5.02. The van der Waals surface area contributed by atoms with Crippen LogP contribution in [0.5, 0.6) is 0 Å². The highest BCUT2D eigenvalue weighted by Crippen LogP contribution is 2.24. The molecule has 7 nitrogen and oxygen atoms in total. The molecule has 1 atom stereocenters. The van der Waals surface area contributed by atoms with Gasteiger partial charge in [-0.25, -0.2) is 0 Å². The van der Waals surface area contributed by atoms with E-state index in [1.165, 1.54) is 13.8 Å². The van der Waals surface area contributed by atoms with Crippen molar-refractivity contribution in [2.75, 3.05) is 23.9 Å². The van der Waals surface area contributed by atoms with Crippen LogP contribution in [-0.4, -0.2) is 59.5 Å². The zero-order valence-corrected chi connectivity index (χ0v) is 17.7. The van der Waals surface area contributed by atoms with Crippen molar-refractivity contribution in [1.82, 2.24) is 10.2 Å². The maximum atomic E-state index is 12.9. The van der Waals surface area contributed by atoms with Crippen molar-refractivity contribution in [3.8, 4) is 0 Å². The van der Waals surface area contributed by atoms with E-state index in [1.54, 1.807) is 9.80 Å². The molecule has 0 radical (unpaired) electrons. The molecule has 3 amide bonds. The number of hydrogen-bond acceptors (Lipinski definition) is 4. The Labute approximate surface area is 176 Å². The minimum Gasteiger partial charge on any atom is -0.345 e. The van der Waals surface area contributed by atoms with Gasteiger partial charge in [-0.3, -0.25) is 14.4 Å². The maximum absolute atomic E-state index is 12.9. The minimum atomic E-state index is -0.706. The molecule has 1 aromatic carbocycles. The summed E-state index contributed by atoms with van der Waals surface area (Å²) in [6, 6.07) is 8.61. The number of hydrogen-bond donors (Lipinski definition) is 1. The summed E-state index contributed by atoms with van der Waals surface area (Å²) in [5, 5.41) is 2.66. The van der Waals surface area contributed by atoms with Gasteiger partial charge in [0.15, 0.2) is 0 Å². The number of rotatable bonds is 8. The summed E-state index contributed by atoms with van der Waals surface area (Å²) in [4.78, 5) is 51.5. The van der Waals surface area contributed by atoms with Crippen LogP contribution < -0.4 is 10.2 Å². The van der Waals surface area contributed by atoms with E-state index in [9.17, 15) is 19.2 Å². The summed E-state index contributed by atoms with van der Waals surface area (Å²) in [7, 11) is 0. The largest absolute Gasteiger partial charge is 0.345 e. The molecular formula is C21H28ClN3O4. The normalized spacial score (nSPS) is 15.5. The first-order valence-electron chi connectivity index (χ1n) is 9.82. The van der Waals surface area contributed by atoms with Gasteiger partial charge in [-0.15, -0.1) is 11.6 Å². The Hall–Kier alpha value is -2.41. The molecule has 29 heavy (non-hydrogen) atoms. The monoisotopic (exact) mass is 421 g/mol. The molecular weight excluding hydrogens is 394 g/mol. The predicted molar refractivity (Wildman–Crippen MR) is 112 cm³/mol. The number of carbonyl (C=O) groups excluding carboxylic acids is 4. The fourth-order valence-corrected chi connectivity index (χ4v) is 3.76. The molecule has 1 aromatic rings. The number of piperidine rings is 1. The smallest absolute Gasteiger partial charge is 0.245 e. The van der Waals surface area contributed by atoms with E-state index in [1.807, 2.05) is 30.3 Å². The average Bonchev–Trinajstić information content (AvgIpc) is 2.71. The molecule has 1 unspecified atom stereocenters. The Bertz CT molecular complexity index is 733. The van der Waals surface area contributed by atoms with Gasteiger partial charge in [0.2, 0.25) is 17.7 Å². The first kappa shape index (κ1) is 22.9. The van der Waals surface area contributed by atoms with Crippen LogP contribution >= 0.6 is 11.6 Å². The first-order valence-corrected chi connectivity index (χ1v) is 10.3. The SMILES string of the molecule is CC(=O)CCC(NC(C)=O)C(=O)N1CCC(N(C(=O)CCl)c2ccccc2)CC1. The number of nitrogens with zero attached hydrogens (tertiary/aromatic N) is 2. The van der Waals surface area contributed by atoms with Gasteiger partial charge in [0, 0.05) is 38.2 Å². The summed E-state index contributed by atoms with van der Waals surface area (Å²) < 4.78 is 0. The maximum Gasteiger partial charge on any atom is 0.245 e. The molecule has 0 bridgehead atoms. The van der Waals surface area contributed by atoms with E-state index in [2.05, 4.69) is 5.32 Å². The minimum absolute atomic E-state index is 0.0232. The number of carbonyl (C=O) groups is 4. The Morgan fingerprint density at radius 2 is 1.76 bits per heavy atom. The molecule has 1 N–H and O–H groups in total. The molecule has 1 aliphatic rings. The van der Waals surface area contributed by atoms with Crippen LogP contribution in [-0.2, 0) is 19.2 Å². The second-order valence-corrected chi connectivity index (χ2v) is 7.55. The number of alkyl halides is 1. The second-order valence-electron chi connectivity index (χ2n) is 7.28. The Morgan fingerprint density at radius 3 is 2.28 bits per heavy atom. The number of benzene rings is 1. The highest BCUT2D eigenvalue weighted by atomic mass is 35.5. The van der Waals surface area contributed by atoms with Gasteiger partial charge in [-0.2, -0.15) is 0 Å². The summed E-state index contributed by atoms with van der Waals surface area (Å²) in [5.74, 6) is -0.784. The number of amides is 3. The van der Waals surface area contributed by atoms with Crippen molar-refractivity contribution >= 4 is 40.8 Å². The van der Waals surface area contributed by atoms with Crippen LogP contribution in [0.2, 0.25) is 0 Å². The van der Waals surface area contributed by atoms with Crippen LogP contribution in [0.25, 0.3) is 0 Å². The highest BCUT2D eigenvalue weighted by molar-refractivity contribution is 6.29. The number of para-hydroxylation sites is 1. The summed E-state index contributed by atoms with van der Waals surface area (Å²) >= 11 is 5.82. The van der Waals surface area contributed by atoms with E-state index in [4.69, 9.17) is 11.6 Å².